The molecule has 2 aromatic rings. The minimum Gasteiger partial charge on any atom is -0.466 e. The van der Waals surface area contributed by atoms with Crippen LogP contribution in [0.1, 0.15) is 22.6 Å². The van der Waals surface area contributed by atoms with Gasteiger partial charge in [-0.15, -0.1) is 0 Å². The summed E-state index contributed by atoms with van der Waals surface area (Å²) in [5, 5.41) is 3.34. The molecule has 0 aliphatic rings. The first-order valence-corrected chi connectivity index (χ1v) is 6.44. The lowest BCUT2D eigenvalue weighted by Crippen LogP contribution is -2.11. The molecule has 0 radical (unpaired) electrons. The molecular weight excluding hydrogens is 238 g/mol. The summed E-state index contributed by atoms with van der Waals surface area (Å²) in [4.78, 5) is 6.48. The summed E-state index contributed by atoms with van der Waals surface area (Å²) >= 11 is 0. The predicted octanol–water partition coefficient (Wildman–Crippen LogP) is 2.97. The molecule has 0 fully saturated rings. The Morgan fingerprint density at radius 1 is 1.26 bits per heavy atom. The van der Waals surface area contributed by atoms with Crippen LogP contribution in [0.25, 0.3) is 0 Å². The van der Waals surface area contributed by atoms with E-state index in [1.165, 1.54) is 11.1 Å². The van der Waals surface area contributed by atoms with E-state index in [9.17, 15) is 0 Å². The minimum atomic E-state index is 0.738. The topological polar surface area (TPSA) is 41.3 Å². The van der Waals surface area contributed by atoms with Gasteiger partial charge in [-0.1, -0.05) is 0 Å². The van der Waals surface area contributed by atoms with Crippen LogP contribution in [0.15, 0.2) is 28.8 Å². The number of anilines is 1. The maximum Gasteiger partial charge on any atom is 0.126 e. The molecule has 0 amide bonds. The summed E-state index contributed by atoms with van der Waals surface area (Å²) < 4.78 is 5.51. The number of nitrogens with zero attached hydrogens (tertiary/aromatic N) is 2. The average Bonchev–Trinajstić information content (AvgIpc) is 2.65. The molecular formula is C15H21N3O. The molecule has 102 valence electrons. The van der Waals surface area contributed by atoms with Crippen LogP contribution in [-0.2, 0) is 13.1 Å². The largest absolute Gasteiger partial charge is 0.466 e. The molecule has 0 aromatic carbocycles. The van der Waals surface area contributed by atoms with E-state index in [-0.39, 0.29) is 0 Å². The molecule has 1 N–H and O–H groups in total. The van der Waals surface area contributed by atoms with Crippen molar-refractivity contribution in [2.75, 3.05) is 19.4 Å². The summed E-state index contributed by atoms with van der Waals surface area (Å²) in [5.74, 6) is 2.82. The van der Waals surface area contributed by atoms with E-state index >= 15 is 0 Å². The third kappa shape index (κ3) is 3.83. The van der Waals surface area contributed by atoms with Gasteiger partial charge in [0, 0.05) is 24.8 Å². The third-order valence-electron chi connectivity index (χ3n) is 2.93. The highest BCUT2D eigenvalue weighted by atomic mass is 16.3. The molecule has 0 bridgehead atoms. The van der Waals surface area contributed by atoms with Crippen LogP contribution in [0, 0.1) is 13.8 Å². The molecule has 0 spiro atoms. The second-order valence-corrected chi connectivity index (χ2v) is 5.08. The molecule has 2 heterocycles. The number of nitrogens with one attached hydrogen (secondary N) is 1. The van der Waals surface area contributed by atoms with Crippen molar-refractivity contribution in [1.29, 1.82) is 0 Å². The number of pyridine rings is 1. The highest BCUT2D eigenvalue weighted by Crippen LogP contribution is 2.16. The Morgan fingerprint density at radius 3 is 2.68 bits per heavy atom. The van der Waals surface area contributed by atoms with Gasteiger partial charge in [0.05, 0.1) is 0 Å². The van der Waals surface area contributed by atoms with Crippen molar-refractivity contribution in [3.8, 4) is 0 Å². The van der Waals surface area contributed by atoms with Crippen LogP contribution in [0.3, 0.4) is 0 Å². The summed E-state index contributed by atoms with van der Waals surface area (Å²) in [6.07, 6.45) is 1.84. The Bertz CT molecular complexity index is 546. The average molecular weight is 259 g/mol. The smallest absolute Gasteiger partial charge is 0.126 e. The lowest BCUT2D eigenvalue weighted by molar-refractivity contribution is 0.402. The number of furan rings is 1. The van der Waals surface area contributed by atoms with Gasteiger partial charge in [-0.05, 0) is 51.7 Å². The molecule has 0 saturated heterocycles. The second kappa shape index (κ2) is 5.89. The van der Waals surface area contributed by atoms with Gasteiger partial charge in [0.25, 0.3) is 0 Å². The van der Waals surface area contributed by atoms with Gasteiger partial charge < -0.3 is 14.6 Å². The van der Waals surface area contributed by atoms with Crippen LogP contribution in [0.5, 0.6) is 0 Å². The number of hydrogen-bond acceptors (Lipinski definition) is 4. The SMILES string of the molecule is Cc1cc(CNc2cc(CN(C)C)ccn2)c(C)o1. The zero-order valence-electron chi connectivity index (χ0n) is 12.0. The molecule has 2 rings (SSSR count). The first-order chi connectivity index (χ1) is 9.04. The maximum atomic E-state index is 5.51. The van der Waals surface area contributed by atoms with E-state index in [1.54, 1.807) is 0 Å². The van der Waals surface area contributed by atoms with Gasteiger partial charge in [0.1, 0.15) is 17.3 Å². The molecule has 0 aliphatic carbocycles. The Morgan fingerprint density at radius 2 is 2.05 bits per heavy atom. The van der Waals surface area contributed by atoms with Crippen molar-refractivity contribution in [1.82, 2.24) is 9.88 Å². The normalized spacial score (nSPS) is 11.0. The van der Waals surface area contributed by atoms with E-state index in [2.05, 4.69) is 41.4 Å². The van der Waals surface area contributed by atoms with Crippen molar-refractivity contribution in [2.45, 2.75) is 26.9 Å². The molecule has 0 atom stereocenters. The predicted molar refractivity (Wildman–Crippen MR) is 77.1 cm³/mol. The standard InChI is InChI=1S/C15H21N3O/c1-11-7-14(12(2)19-11)9-17-15-8-13(5-6-16-15)10-18(3)4/h5-8H,9-10H2,1-4H3,(H,16,17). The molecule has 0 saturated carbocycles. The minimum absolute atomic E-state index is 0.738. The first kappa shape index (κ1) is 13.6. The van der Waals surface area contributed by atoms with Gasteiger partial charge in [-0.3, -0.25) is 0 Å². The van der Waals surface area contributed by atoms with Crippen molar-refractivity contribution in [2.24, 2.45) is 0 Å². The van der Waals surface area contributed by atoms with Gasteiger partial charge in [-0.2, -0.15) is 0 Å². The van der Waals surface area contributed by atoms with Crippen LogP contribution >= 0.6 is 0 Å². The van der Waals surface area contributed by atoms with Crippen LogP contribution < -0.4 is 5.32 Å². The summed E-state index contributed by atoms with van der Waals surface area (Å²) in [5.41, 5.74) is 2.43. The maximum absolute atomic E-state index is 5.51. The molecule has 0 aliphatic heterocycles. The fraction of sp³-hybridized carbons (Fsp3) is 0.400. The highest BCUT2D eigenvalue weighted by Gasteiger charge is 2.05. The van der Waals surface area contributed by atoms with Crippen molar-refractivity contribution in [3.63, 3.8) is 0 Å². The quantitative estimate of drug-likeness (QED) is 0.896. The summed E-state index contributed by atoms with van der Waals surface area (Å²) in [6.45, 7) is 5.61. The van der Waals surface area contributed by atoms with Crippen LogP contribution in [0.2, 0.25) is 0 Å². The second-order valence-electron chi connectivity index (χ2n) is 5.08. The third-order valence-corrected chi connectivity index (χ3v) is 2.93. The van der Waals surface area contributed by atoms with Crippen LogP contribution in [-0.4, -0.2) is 24.0 Å². The number of aromatic nitrogens is 1. The van der Waals surface area contributed by atoms with Crippen molar-refractivity contribution in [3.05, 3.63) is 47.0 Å². The van der Waals surface area contributed by atoms with Gasteiger partial charge in [0.2, 0.25) is 0 Å². The van der Waals surface area contributed by atoms with Crippen molar-refractivity contribution < 1.29 is 4.42 Å². The van der Waals surface area contributed by atoms with Crippen molar-refractivity contribution >= 4 is 5.82 Å². The molecule has 0 unspecified atom stereocenters. The highest BCUT2D eigenvalue weighted by molar-refractivity contribution is 5.39. The van der Waals surface area contributed by atoms with E-state index in [0.29, 0.717) is 0 Å². The zero-order chi connectivity index (χ0) is 13.8. The van der Waals surface area contributed by atoms with E-state index in [0.717, 1.165) is 30.4 Å². The van der Waals surface area contributed by atoms with E-state index in [1.807, 2.05) is 26.1 Å². The summed E-state index contributed by atoms with van der Waals surface area (Å²) in [6, 6.07) is 6.19. The molecule has 4 nitrogen and oxygen atoms in total. The zero-order valence-corrected chi connectivity index (χ0v) is 12.0. The Labute approximate surface area is 114 Å². The lowest BCUT2D eigenvalue weighted by atomic mass is 10.2. The van der Waals surface area contributed by atoms with Gasteiger partial charge >= 0.3 is 0 Å². The Balaban J connectivity index is 2.01. The summed E-state index contributed by atoms with van der Waals surface area (Å²) in [7, 11) is 4.12. The fourth-order valence-electron chi connectivity index (χ4n) is 2.08. The number of hydrogen-bond donors (Lipinski definition) is 1. The monoisotopic (exact) mass is 259 g/mol. The van der Waals surface area contributed by atoms with E-state index in [4.69, 9.17) is 4.42 Å². The molecule has 4 heteroatoms. The Hall–Kier alpha value is -1.81. The Kier molecular flexibility index (Phi) is 4.22. The lowest BCUT2D eigenvalue weighted by Gasteiger charge is -2.11. The number of aryl methyl sites for hydroxylation is 2. The van der Waals surface area contributed by atoms with Gasteiger partial charge in [-0.25, -0.2) is 4.98 Å². The van der Waals surface area contributed by atoms with Gasteiger partial charge in [0.15, 0.2) is 0 Å². The van der Waals surface area contributed by atoms with Crippen LogP contribution in [0.4, 0.5) is 5.82 Å². The molecule has 2 aromatic heterocycles. The fourth-order valence-corrected chi connectivity index (χ4v) is 2.08. The van der Waals surface area contributed by atoms with E-state index < -0.39 is 0 Å². The number of rotatable bonds is 5. The first-order valence-electron chi connectivity index (χ1n) is 6.44. The molecule has 19 heavy (non-hydrogen) atoms.